The van der Waals surface area contributed by atoms with Gasteiger partial charge in [0, 0.05) is 27.5 Å². The number of thiocarbonyl (C=S) groups is 1. The van der Waals surface area contributed by atoms with Crippen LogP contribution in [0.2, 0.25) is 5.02 Å². The molecule has 0 heterocycles. The largest absolute Gasteiger partial charge is 0.489 e. The van der Waals surface area contributed by atoms with Gasteiger partial charge in [-0.2, -0.15) is 0 Å². The molecule has 8 heteroatoms. The molecule has 36 heavy (non-hydrogen) atoms. The summed E-state index contributed by atoms with van der Waals surface area (Å²) in [5.74, 6) is -0.0866. The maximum Gasteiger partial charge on any atom is 0.257 e. The van der Waals surface area contributed by atoms with E-state index in [1.807, 2.05) is 30.3 Å². The lowest BCUT2D eigenvalue weighted by molar-refractivity contribution is 0.0976. The van der Waals surface area contributed by atoms with Crippen molar-refractivity contribution in [3.63, 3.8) is 0 Å². The van der Waals surface area contributed by atoms with Crippen molar-refractivity contribution in [3.05, 3.63) is 125 Å². The molecule has 0 saturated carbocycles. The molecule has 4 aromatic carbocycles. The summed E-state index contributed by atoms with van der Waals surface area (Å²) in [7, 11) is 0. The fraction of sp³-hybridized carbons (Fsp3) is 0.0357. The van der Waals surface area contributed by atoms with Gasteiger partial charge in [-0.15, -0.1) is 0 Å². The molecule has 4 aromatic rings. The van der Waals surface area contributed by atoms with Gasteiger partial charge < -0.3 is 15.4 Å². The number of hydrogen-bond donors (Lipinski definition) is 3. The van der Waals surface area contributed by atoms with Gasteiger partial charge in [-0.3, -0.25) is 14.9 Å². The van der Waals surface area contributed by atoms with Gasteiger partial charge in [0.1, 0.15) is 12.4 Å². The van der Waals surface area contributed by atoms with Crippen LogP contribution in [0, 0.1) is 0 Å². The van der Waals surface area contributed by atoms with Gasteiger partial charge in [0.05, 0.1) is 0 Å². The summed E-state index contributed by atoms with van der Waals surface area (Å²) in [5.41, 5.74) is 3.04. The normalized spacial score (nSPS) is 10.2. The fourth-order valence-electron chi connectivity index (χ4n) is 3.31. The van der Waals surface area contributed by atoms with Crippen molar-refractivity contribution < 1.29 is 14.3 Å². The highest BCUT2D eigenvalue weighted by Gasteiger charge is 2.11. The van der Waals surface area contributed by atoms with Crippen LogP contribution in [0.3, 0.4) is 0 Å². The van der Waals surface area contributed by atoms with Crippen molar-refractivity contribution in [1.82, 2.24) is 5.32 Å². The Labute approximate surface area is 219 Å². The summed E-state index contributed by atoms with van der Waals surface area (Å²) < 4.78 is 5.80. The number of carbonyl (C=O) groups is 2. The molecule has 0 aliphatic heterocycles. The number of halogens is 1. The molecular weight excluding hydrogens is 494 g/mol. The zero-order chi connectivity index (χ0) is 25.3. The van der Waals surface area contributed by atoms with E-state index >= 15 is 0 Å². The van der Waals surface area contributed by atoms with Crippen LogP contribution in [0.1, 0.15) is 26.3 Å². The van der Waals surface area contributed by atoms with Crippen LogP contribution in [0.15, 0.2) is 103 Å². The Kier molecular flexibility index (Phi) is 8.28. The zero-order valence-corrected chi connectivity index (χ0v) is 20.6. The Morgan fingerprint density at radius 1 is 0.722 bits per heavy atom. The summed E-state index contributed by atoms with van der Waals surface area (Å²) in [4.78, 5) is 25.2. The quantitative estimate of drug-likeness (QED) is 0.252. The van der Waals surface area contributed by atoms with Crippen LogP contribution in [-0.2, 0) is 6.61 Å². The predicted octanol–water partition coefficient (Wildman–Crippen LogP) is 6.30. The molecule has 4 rings (SSSR count). The number of carbonyl (C=O) groups excluding carboxylic acids is 2. The number of nitrogens with one attached hydrogen (secondary N) is 3. The third-order valence-corrected chi connectivity index (χ3v) is 5.48. The number of benzene rings is 4. The summed E-state index contributed by atoms with van der Waals surface area (Å²) in [5, 5.41) is 9.04. The first-order valence-corrected chi connectivity index (χ1v) is 11.8. The van der Waals surface area contributed by atoms with Crippen LogP contribution in [-0.4, -0.2) is 16.9 Å². The van der Waals surface area contributed by atoms with Gasteiger partial charge in [0.25, 0.3) is 11.8 Å². The van der Waals surface area contributed by atoms with Crippen molar-refractivity contribution >= 4 is 52.1 Å². The van der Waals surface area contributed by atoms with Crippen molar-refractivity contribution in [2.45, 2.75) is 6.61 Å². The zero-order valence-electron chi connectivity index (χ0n) is 19.0. The molecule has 0 aliphatic rings. The Hall–Kier alpha value is -4.20. The number of ether oxygens (including phenoxy) is 1. The average Bonchev–Trinajstić information content (AvgIpc) is 2.88. The van der Waals surface area contributed by atoms with E-state index in [1.165, 1.54) is 0 Å². The minimum Gasteiger partial charge on any atom is -0.489 e. The monoisotopic (exact) mass is 515 g/mol. The minimum atomic E-state index is -0.372. The summed E-state index contributed by atoms with van der Waals surface area (Å²) in [6, 6.07) is 30.3. The Morgan fingerprint density at radius 2 is 1.39 bits per heavy atom. The van der Waals surface area contributed by atoms with Crippen LogP contribution in [0.25, 0.3) is 0 Å². The predicted molar refractivity (Wildman–Crippen MR) is 147 cm³/mol. The van der Waals surface area contributed by atoms with Gasteiger partial charge in [-0.25, -0.2) is 0 Å². The number of rotatable bonds is 7. The molecule has 0 fully saturated rings. The second-order valence-electron chi connectivity index (χ2n) is 7.76. The highest BCUT2D eigenvalue weighted by Crippen LogP contribution is 2.18. The van der Waals surface area contributed by atoms with Gasteiger partial charge in [-0.05, 0) is 72.4 Å². The Bertz CT molecular complexity index is 1400. The lowest BCUT2D eigenvalue weighted by Gasteiger charge is -2.12. The topological polar surface area (TPSA) is 79.5 Å². The molecule has 0 aromatic heterocycles. The lowest BCUT2D eigenvalue weighted by atomic mass is 10.2. The van der Waals surface area contributed by atoms with Gasteiger partial charge >= 0.3 is 0 Å². The average molecular weight is 516 g/mol. The minimum absolute atomic E-state index is 0.119. The van der Waals surface area contributed by atoms with Crippen LogP contribution >= 0.6 is 23.8 Å². The van der Waals surface area contributed by atoms with E-state index in [1.54, 1.807) is 72.8 Å². The molecule has 0 radical (unpaired) electrons. The van der Waals surface area contributed by atoms with E-state index in [9.17, 15) is 9.59 Å². The summed E-state index contributed by atoms with van der Waals surface area (Å²) >= 11 is 11.3. The molecule has 0 aliphatic carbocycles. The van der Waals surface area contributed by atoms with E-state index in [0.29, 0.717) is 39.9 Å². The Balaban J connectivity index is 1.33. The van der Waals surface area contributed by atoms with Crippen molar-refractivity contribution in [1.29, 1.82) is 0 Å². The standard InChI is InChI=1S/C28H22ClN3O3S/c29-22-11-4-9-20(15-22)26(33)30-23-12-6-13-24(17-23)31-28(36)32-27(34)21-10-5-14-25(16-21)35-18-19-7-2-1-3-8-19/h1-17H,18H2,(H,30,33)(H2,31,32,34,36). The molecule has 0 saturated heterocycles. The molecular formula is C28H22ClN3O3S. The molecule has 0 atom stereocenters. The summed E-state index contributed by atoms with van der Waals surface area (Å²) in [6.45, 7) is 0.399. The first kappa shape index (κ1) is 24.9. The second-order valence-corrected chi connectivity index (χ2v) is 8.60. The molecule has 180 valence electrons. The first-order valence-electron chi connectivity index (χ1n) is 11.0. The maximum absolute atomic E-state index is 12.7. The second kappa shape index (κ2) is 12.0. The highest BCUT2D eigenvalue weighted by atomic mass is 35.5. The molecule has 3 N–H and O–H groups in total. The van der Waals surface area contributed by atoms with Crippen LogP contribution < -0.4 is 20.7 Å². The molecule has 2 amide bonds. The van der Waals surface area contributed by atoms with E-state index in [2.05, 4.69) is 16.0 Å². The number of anilines is 2. The molecule has 0 bridgehead atoms. The van der Waals surface area contributed by atoms with E-state index < -0.39 is 0 Å². The van der Waals surface area contributed by atoms with Gasteiger partial charge in [0.2, 0.25) is 0 Å². The SMILES string of the molecule is O=C(NC(=S)Nc1cccc(NC(=O)c2cccc(Cl)c2)c1)c1cccc(OCc2ccccc2)c1. The highest BCUT2D eigenvalue weighted by molar-refractivity contribution is 7.80. The maximum atomic E-state index is 12.7. The third kappa shape index (κ3) is 7.15. The fourth-order valence-corrected chi connectivity index (χ4v) is 3.71. The van der Waals surface area contributed by atoms with Crippen molar-refractivity contribution in [3.8, 4) is 5.75 Å². The van der Waals surface area contributed by atoms with E-state index in [4.69, 9.17) is 28.6 Å². The van der Waals surface area contributed by atoms with E-state index in [0.717, 1.165) is 5.56 Å². The van der Waals surface area contributed by atoms with Crippen LogP contribution in [0.5, 0.6) is 5.75 Å². The van der Waals surface area contributed by atoms with Gasteiger partial charge in [-0.1, -0.05) is 60.1 Å². The van der Waals surface area contributed by atoms with Crippen LogP contribution in [0.4, 0.5) is 11.4 Å². The number of hydrogen-bond acceptors (Lipinski definition) is 4. The lowest BCUT2D eigenvalue weighted by Crippen LogP contribution is -2.34. The Morgan fingerprint density at radius 3 is 2.14 bits per heavy atom. The first-order chi connectivity index (χ1) is 17.5. The van der Waals surface area contributed by atoms with Crippen molar-refractivity contribution in [2.24, 2.45) is 0 Å². The third-order valence-electron chi connectivity index (χ3n) is 5.04. The summed E-state index contributed by atoms with van der Waals surface area (Å²) in [6.07, 6.45) is 0. The molecule has 6 nitrogen and oxygen atoms in total. The molecule has 0 spiro atoms. The van der Waals surface area contributed by atoms with E-state index in [-0.39, 0.29) is 16.9 Å². The van der Waals surface area contributed by atoms with Crippen molar-refractivity contribution in [2.75, 3.05) is 10.6 Å². The van der Waals surface area contributed by atoms with Gasteiger partial charge in [0.15, 0.2) is 5.11 Å². The molecule has 0 unspecified atom stereocenters. The number of amides is 2. The smallest absolute Gasteiger partial charge is 0.257 e.